The monoisotopic (exact) mass is 610 g/mol. The summed E-state index contributed by atoms with van der Waals surface area (Å²) in [5.41, 5.74) is 0.179. The van der Waals surface area contributed by atoms with Gasteiger partial charge in [-0.15, -0.1) is 0 Å². The molecule has 2 fully saturated rings. The van der Waals surface area contributed by atoms with Crippen LogP contribution in [0.1, 0.15) is 82.3 Å². The van der Waals surface area contributed by atoms with Gasteiger partial charge in [0.2, 0.25) is 0 Å². The third-order valence-corrected chi connectivity index (χ3v) is 15.6. The van der Waals surface area contributed by atoms with E-state index in [2.05, 4.69) is 13.0 Å². The molecule has 0 spiro atoms. The minimum atomic E-state index is -4.53. The fourth-order valence-corrected chi connectivity index (χ4v) is 14.5. The lowest BCUT2D eigenvalue weighted by Crippen LogP contribution is -2.30. The minimum Gasteiger partial charge on any atom is -0.166 e. The molecule has 0 saturated heterocycles. The molecule has 3 aliphatic rings. The van der Waals surface area contributed by atoms with Gasteiger partial charge in [-0.1, -0.05) is 95.9 Å². The van der Waals surface area contributed by atoms with Gasteiger partial charge in [0, 0.05) is 5.92 Å². The highest BCUT2D eigenvalue weighted by Gasteiger charge is 2.41. The second-order valence-electron chi connectivity index (χ2n) is 11.7. The smallest absolute Gasteiger partial charge is 0.166 e. The largest absolute Gasteiger partial charge is 0.416 e. The van der Waals surface area contributed by atoms with Crippen molar-refractivity contribution in [2.24, 2.45) is 5.92 Å². The van der Waals surface area contributed by atoms with Gasteiger partial charge in [0.05, 0.1) is 11.1 Å². The first-order chi connectivity index (χ1) is 19.5. The number of halogens is 6. The van der Waals surface area contributed by atoms with E-state index in [4.69, 9.17) is 0 Å². The van der Waals surface area contributed by atoms with Gasteiger partial charge in [-0.3, -0.25) is 0 Å². The third kappa shape index (κ3) is 7.13. The summed E-state index contributed by atoms with van der Waals surface area (Å²) < 4.78 is 82.7. The average Bonchev–Trinajstić information content (AvgIpc) is 3.43. The molecule has 2 atom stereocenters. The van der Waals surface area contributed by atoms with E-state index in [0.29, 0.717) is 27.6 Å². The van der Waals surface area contributed by atoms with Crippen LogP contribution >= 0.6 is 15.8 Å². The Hall–Kier alpha value is -1.64. The number of alkyl halides is 6. The molecular formula is C33H38F6P2. The highest BCUT2D eigenvalue weighted by Crippen LogP contribution is 2.64. The summed E-state index contributed by atoms with van der Waals surface area (Å²) >= 11 is 0. The zero-order chi connectivity index (χ0) is 29.2. The Labute approximate surface area is 242 Å². The lowest BCUT2D eigenvalue weighted by Gasteiger charge is -2.44. The first-order valence-corrected chi connectivity index (χ1v) is 17.7. The van der Waals surface area contributed by atoms with Gasteiger partial charge >= 0.3 is 12.4 Å². The number of rotatable bonds is 7. The van der Waals surface area contributed by atoms with Gasteiger partial charge in [0.25, 0.3) is 0 Å². The molecule has 2 aromatic carbocycles. The number of benzene rings is 2. The average molecular weight is 611 g/mol. The van der Waals surface area contributed by atoms with Crippen LogP contribution in [-0.2, 0) is 12.4 Å². The fraction of sp³-hybridized carbons (Fsp3) is 0.515. The van der Waals surface area contributed by atoms with E-state index < -0.39 is 31.4 Å². The SMILES string of the molecule is C[C@H](C1C=CC=C1P(c1cccc(C(F)(F)F)c1)c1cccc(C(F)(F)F)c1)P(C1CCCCC1)C1CCCCC1. The van der Waals surface area contributed by atoms with Crippen LogP contribution in [-0.4, -0.2) is 17.0 Å². The molecule has 2 saturated carbocycles. The van der Waals surface area contributed by atoms with Crippen LogP contribution in [0.4, 0.5) is 26.3 Å². The number of hydrogen-bond acceptors (Lipinski definition) is 0. The molecule has 3 aliphatic carbocycles. The van der Waals surface area contributed by atoms with Gasteiger partial charge in [-0.05, 0) is 90.8 Å². The highest BCUT2D eigenvalue weighted by molar-refractivity contribution is 7.76. The van der Waals surface area contributed by atoms with Crippen molar-refractivity contribution in [1.82, 2.24) is 0 Å². The van der Waals surface area contributed by atoms with E-state index in [1.54, 1.807) is 12.1 Å². The molecule has 0 heterocycles. The van der Waals surface area contributed by atoms with Gasteiger partial charge in [-0.2, -0.15) is 26.3 Å². The normalized spacial score (nSPS) is 22.0. The maximum atomic E-state index is 13.8. The lowest BCUT2D eigenvalue weighted by atomic mass is 9.99. The molecule has 5 rings (SSSR count). The van der Waals surface area contributed by atoms with E-state index in [0.717, 1.165) is 29.6 Å². The predicted octanol–water partition coefficient (Wildman–Crippen LogP) is 10.8. The van der Waals surface area contributed by atoms with Crippen molar-refractivity contribution in [3.8, 4) is 0 Å². The van der Waals surface area contributed by atoms with E-state index in [1.807, 2.05) is 12.2 Å². The molecule has 41 heavy (non-hydrogen) atoms. The van der Waals surface area contributed by atoms with Crippen molar-refractivity contribution >= 4 is 26.5 Å². The number of allylic oxidation sites excluding steroid dienone is 4. The molecule has 222 valence electrons. The first kappa shape index (κ1) is 30.8. The molecule has 2 aromatic rings. The van der Waals surface area contributed by atoms with Crippen LogP contribution in [0.25, 0.3) is 0 Å². The molecule has 0 nitrogen and oxygen atoms in total. The van der Waals surface area contributed by atoms with Crippen LogP contribution in [0.2, 0.25) is 0 Å². The molecule has 0 radical (unpaired) electrons. The summed E-state index contributed by atoms with van der Waals surface area (Å²) in [6.45, 7) is 2.33. The van der Waals surface area contributed by atoms with E-state index >= 15 is 0 Å². The van der Waals surface area contributed by atoms with Crippen LogP contribution in [0.15, 0.2) is 72.1 Å². The van der Waals surface area contributed by atoms with Crippen LogP contribution in [0.3, 0.4) is 0 Å². The molecule has 8 heteroatoms. The topological polar surface area (TPSA) is 0 Å². The standard InChI is InChI=1S/C33H38F6P2/c1-23(40(26-13-4-2-5-14-26)27-15-6-3-7-16-27)30-19-10-20-31(30)41(28-17-8-11-24(21-28)32(34,35)36)29-18-9-12-25(22-29)33(37,38)39/h8-12,17-23,26-27,30H,2-7,13-16H2,1H3/t23-,30?/m1/s1. The molecular weight excluding hydrogens is 572 g/mol. The van der Waals surface area contributed by atoms with Gasteiger partial charge in [-0.25, -0.2) is 0 Å². The third-order valence-electron chi connectivity index (χ3n) is 9.03. The second-order valence-corrected chi connectivity index (χ2v) is 17.1. The fourth-order valence-electron chi connectivity index (χ4n) is 7.11. The zero-order valence-corrected chi connectivity index (χ0v) is 25.2. The van der Waals surface area contributed by atoms with E-state index in [9.17, 15) is 26.3 Å². The Balaban J connectivity index is 1.56. The van der Waals surface area contributed by atoms with Crippen LogP contribution in [0, 0.1) is 5.92 Å². The van der Waals surface area contributed by atoms with Crippen molar-refractivity contribution in [3.63, 3.8) is 0 Å². The quantitative estimate of drug-likeness (QED) is 0.216. The van der Waals surface area contributed by atoms with Crippen molar-refractivity contribution in [1.29, 1.82) is 0 Å². The van der Waals surface area contributed by atoms with Crippen molar-refractivity contribution in [2.75, 3.05) is 0 Å². The Morgan fingerprint density at radius 2 is 1.15 bits per heavy atom. The van der Waals surface area contributed by atoms with E-state index in [1.165, 1.54) is 76.3 Å². The summed E-state index contributed by atoms with van der Waals surface area (Å²) in [5, 5.41) is 1.87. The minimum absolute atomic E-state index is 0.0140. The Morgan fingerprint density at radius 3 is 1.59 bits per heavy atom. The van der Waals surface area contributed by atoms with Gasteiger partial charge in [0.1, 0.15) is 0 Å². The van der Waals surface area contributed by atoms with Crippen LogP contribution in [0.5, 0.6) is 0 Å². The highest BCUT2D eigenvalue weighted by atomic mass is 31.1. The Morgan fingerprint density at radius 1 is 0.683 bits per heavy atom. The molecule has 0 aromatic heterocycles. The summed E-state index contributed by atoms with van der Waals surface area (Å²) in [4.78, 5) is 0. The molecule has 0 bridgehead atoms. The summed E-state index contributed by atoms with van der Waals surface area (Å²) in [5.74, 6) is 0.0140. The van der Waals surface area contributed by atoms with Crippen LogP contribution < -0.4 is 10.6 Å². The predicted molar refractivity (Wildman–Crippen MR) is 160 cm³/mol. The van der Waals surface area contributed by atoms with Gasteiger partial charge < -0.3 is 0 Å². The number of hydrogen-bond donors (Lipinski definition) is 0. The Kier molecular flexibility index (Phi) is 9.71. The second kappa shape index (κ2) is 12.9. The molecule has 0 aliphatic heterocycles. The van der Waals surface area contributed by atoms with Crippen molar-refractivity contribution in [3.05, 3.63) is 83.2 Å². The molecule has 0 N–H and O–H groups in total. The van der Waals surface area contributed by atoms with E-state index in [-0.39, 0.29) is 13.8 Å². The van der Waals surface area contributed by atoms with Gasteiger partial charge in [0.15, 0.2) is 0 Å². The maximum absolute atomic E-state index is 13.8. The first-order valence-electron chi connectivity index (χ1n) is 14.8. The maximum Gasteiger partial charge on any atom is 0.416 e. The summed E-state index contributed by atoms with van der Waals surface area (Å²) in [7, 11) is -1.95. The Bertz CT molecular complexity index is 1160. The molecule has 1 unspecified atom stereocenters. The zero-order valence-electron chi connectivity index (χ0n) is 23.4. The summed E-state index contributed by atoms with van der Waals surface area (Å²) in [6, 6.07) is 10.5. The lowest BCUT2D eigenvalue weighted by molar-refractivity contribution is -0.138. The van der Waals surface area contributed by atoms with Crippen molar-refractivity contribution < 1.29 is 26.3 Å². The van der Waals surface area contributed by atoms with Crippen molar-refractivity contribution in [2.45, 2.75) is 100 Å². The molecule has 0 amide bonds. The summed E-state index contributed by atoms with van der Waals surface area (Å²) in [6.07, 6.45) is 9.68.